The topological polar surface area (TPSA) is 103 Å². The van der Waals surface area contributed by atoms with Crippen LogP contribution in [0.4, 0.5) is 8.78 Å². The zero-order chi connectivity index (χ0) is 21.1. The Morgan fingerprint density at radius 3 is 2.36 bits per heavy atom. The Morgan fingerprint density at radius 2 is 1.79 bits per heavy atom. The number of rotatable bonds is 11. The van der Waals surface area contributed by atoms with Crippen molar-refractivity contribution >= 4 is 17.8 Å². The van der Waals surface area contributed by atoms with Crippen LogP contribution in [-0.4, -0.2) is 50.7 Å². The summed E-state index contributed by atoms with van der Waals surface area (Å²) in [6, 6.07) is 3.60. The Labute approximate surface area is 161 Å². The summed E-state index contributed by atoms with van der Waals surface area (Å²) in [6.07, 6.45) is 1.52. The molecule has 0 radical (unpaired) electrons. The van der Waals surface area contributed by atoms with E-state index in [2.05, 4.69) is 15.4 Å². The minimum absolute atomic E-state index is 0.0120. The maximum absolute atomic E-state index is 12.3. The predicted molar refractivity (Wildman–Crippen MR) is 95.4 cm³/mol. The summed E-state index contributed by atoms with van der Waals surface area (Å²) >= 11 is 0. The lowest BCUT2D eigenvalue weighted by Gasteiger charge is -2.14. The number of methoxy groups -OCH3 is 1. The van der Waals surface area contributed by atoms with Gasteiger partial charge in [-0.3, -0.25) is 14.4 Å². The molecule has 156 valence electrons. The molecule has 0 atom stereocenters. The first kappa shape index (κ1) is 23.1. The number of carbonyl (C=O) groups is 3. The fourth-order valence-corrected chi connectivity index (χ4v) is 2.22. The van der Waals surface area contributed by atoms with Gasteiger partial charge in [0.15, 0.2) is 18.1 Å². The first-order valence-electron chi connectivity index (χ1n) is 8.66. The van der Waals surface area contributed by atoms with Gasteiger partial charge in [0.1, 0.15) is 6.54 Å². The zero-order valence-corrected chi connectivity index (χ0v) is 15.9. The Kier molecular flexibility index (Phi) is 9.69. The van der Waals surface area contributed by atoms with Crippen LogP contribution in [-0.2, 0) is 14.3 Å². The van der Waals surface area contributed by atoms with E-state index in [9.17, 15) is 23.2 Å². The molecule has 10 heteroatoms. The second kappa shape index (κ2) is 11.7. The maximum Gasteiger partial charge on any atom is 0.387 e. The van der Waals surface area contributed by atoms with Gasteiger partial charge in [0, 0.05) is 11.6 Å². The number of hydrogen-bond donors (Lipinski definition) is 2. The molecule has 0 aliphatic rings. The summed E-state index contributed by atoms with van der Waals surface area (Å²) in [5.41, 5.74) is 0.0674. The highest BCUT2D eigenvalue weighted by atomic mass is 19.3. The monoisotopic (exact) mass is 402 g/mol. The van der Waals surface area contributed by atoms with Crippen LogP contribution in [0.15, 0.2) is 18.2 Å². The molecule has 1 aromatic carbocycles. The maximum atomic E-state index is 12.3. The van der Waals surface area contributed by atoms with Crippen LogP contribution in [0.5, 0.6) is 11.5 Å². The second-order valence-electron chi connectivity index (χ2n) is 5.67. The number of ether oxygens (including phenoxy) is 3. The first-order chi connectivity index (χ1) is 13.3. The first-order valence-corrected chi connectivity index (χ1v) is 8.66. The van der Waals surface area contributed by atoms with Crippen molar-refractivity contribution < 1.29 is 37.4 Å². The van der Waals surface area contributed by atoms with E-state index in [0.717, 1.165) is 18.9 Å². The van der Waals surface area contributed by atoms with Gasteiger partial charge in [0.05, 0.1) is 7.11 Å². The normalized spacial score (nSPS) is 10.5. The standard InChI is InChI=1S/C18H24F2N2O6/c1-4-12(5-2)22-15(23)10-27-16(24)9-21-17(25)11-6-7-13(28-18(19)20)14(8-11)26-3/h6-8,12,18H,4-5,9-10H2,1-3H3,(H,21,25)(H,22,23). The molecule has 2 N–H and O–H groups in total. The number of benzene rings is 1. The number of carbonyl (C=O) groups excluding carboxylic acids is 3. The third kappa shape index (κ3) is 7.77. The molecule has 0 aliphatic carbocycles. The Hall–Kier alpha value is -2.91. The van der Waals surface area contributed by atoms with E-state index >= 15 is 0 Å². The van der Waals surface area contributed by atoms with Crippen molar-refractivity contribution in [1.82, 2.24) is 10.6 Å². The molecule has 1 rings (SSSR count). The smallest absolute Gasteiger partial charge is 0.387 e. The van der Waals surface area contributed by atoms with Crippen LogP contribution in [0, 0.1) is 0 Å². The predicted octanol–water partition coefficient (Wildman–Crippen LogP) is 1.87. The third-order valence-corrected chi connectivity index (χ3v) is 3.75. The van der Waals surface area contributed by atoms with Gasteiger partial charge >= 0.3 is 12.6 Å². The van der Waals surface area contributed by atoms with Crippen molar-refractivity contribution in [2.24, 2.45) is 0 Å². The van der Waals surface area contributed by atoms with Gasteiger partial charge in [-0.25, -0.2) is 0 Å². The van der Waals surface area contributed by atoms with E-state index in [4.69, 9.17) is 9.47 Å². The fourth-order valence-electron chi connectivity index (χ4n) is 2.22. The van der Waals surface area contributed by atoms with Crippen LogP contribution >= 0.6 is 0 Å². The van der Waals surface area contributed by atoms with Gasteiger partial charge in [-0.1, -0.05) is 13.8 Å². The molecule has 0 spiro atoms. The van der Waals surface area contributed by atoms with Crippen LogP contribution in [0.2, 0.25) is 0 Å². The van der Waals surface area contributed by atoms with Crippen molar-refractivity contribution in [2.75, 3.05) is 20.3 Å². The summed E-state index contributed by atoms with van der Waals surface area (Å²) in [5.74, 6) is -2.16. The fraction of sp³-hybridized carbons (Fsp3) is 0.500. The van der Waals surface area contributed by atoms with Gasteiger partial charge < -0.3 is 24.8 Å². The largest absolute Gasteiger partial charge is 0.493 e. The number of amides is 2. The number of hydrogen-bond acceptors (Lipinski definition) is 6. The molecule has 2 amide bonds. The molecule has 0 unspecified atom stereocenters. The molecule has 0 aliphatic heterocycles. The summed E-state index contributed by atoms with van der Waals surface area (Å²) in [7, 11) is 1.24. The van der Waals surface area contributed by atoms with E-state index in [1.54, 1.807) is 0 Å². The third-order valence-electron chi connectivity index (χ3n) is 3.75. The number of esters is 1. The number of halogens is 2. The van der Waals surface area contributed by atoms with Crippen molar-refractivity contribution in [1.29, 1.82) is 0 Å². The lowest BCUT2D eigenvalue weighted by atomic mass is 10.2. The van der Waals surface area contributed by atoms with Gasteiger partial charge in [-0.05, 0) is 31.0 Å². The molecule has 0 saturated heterocycles. The Bertz CT molecular complexity index is 680. The van der Waals surface area contributed by atoms with E-state index in [1.807, 2.05) is 13.8 Å². The van der Waals surface area contributed by atoms with E-state index in [-0.39, 0.29) is 23.1 Å². The van der Waals surface area contributed by atoms with Crippen LogP contribution in [0.25, 0.3) is 0 Å². The van der Waals surface area contributed by atoms with Crippen LogP contribution in [0.1, 0.15) is 37.0 Å². The lowest BCUT2D eigenvalue weighted by molar-refractivity contribution is -0.147. The van der Waals surface area contributed by atoms with E-state index in [0.29, 0.717) is 0 Å². The van der Waals surface area contributed by atoms with Gasteiger partial charge in [-0.2, -0.15) is 8.78 Å². The van der Waals surface area contributed by atoms with E-state index in [1.165, 1.54) is 19.2 Å². The van der Waals surface area contributed by atoms with Crippen LogP contribution in [0.3, 0.4) is 0 Å². The lowest BCUT2D eigenvalue weighted by Crippen LogP contribution is -2.38. The number of alkyl halides is 2. The molecule has 28 heavy (non-hydrogen) atoms. The van der Waals surface area contributed by atoms with Crippen LogP contribution < -0.4 is 20.1 Å². The number of nitrogens with one attached hydrogen (secondary N) is 2. The highest BCUT2D eigenvalue weighted by molar-refractivity contribution is 5.96. The Morgan fingerprint density at radius 1 is 1.11 bits per heavy atom. The average molecular weight is 402 g/mol. The molecule has 0 fully saturated rings. The Balaban J connectivity index is 2.51. The van der Waals surface area contributed by atoms with Gasteiger partial charge in [0.2, 0.25) is 0 Å². The molecule has 0 saturated carbocycles. The highest BCUT2D eigenvalue weighted by Gasteiger charge is 2.16. The van der Waals surface area contributed by atoms with Crippen molar-refractivity contribution in [3.63, 3.8) is 0 Å². The summed E-state index contributed by atoms with van der Waals surface area (Å²) in [5, 5.41) is 5.02. The minimum Gasteiger partial charge on any atom is -0.493 e. The quantitative estimate of drug-likeness (QED) is 0.548. The van der Waals surface area contributed by atoms with E-state index < -0.39 is 37.5 Å². The molecular weight excluding hydrogens is 378 g/mol. The molecule has 0 heterocycles. The molecule has 1 aromatic rings. The molecular formula is C18H24F2N2O6. The minimum atomic E-state index is -3.04. The van der Waals surface area contributed by atoms with Crippen molar-refractivity contribution in [2.45, 2.75) is 39.3 Å². The summed E-state index contributed by atoms with van der Waals surface area (Å²) < 4.78 is 38.6. The van der Waals surface area contributed by atoms with Crippen molar-refractivity contribution in [3.05, 3.63) is 23.8 Å². The van der Waals surface area contributed by atoms with Crippen molar-refractivity contribution in [3.8, 4) is 11.5 Å². The highest BCUT2D eigenvalue weighted by Crippen LogP contribution is 2.29. The second-order valence-corrected chi connectivity index (χ2v) is 5.67. The SMILES string of the molecule is CCC(CC)NC(=O)COC(=O)CNC(=O)c1ccc(OC(F)F)c(OC)c1. The zero-order valence-electron chi connectivity index (χ0n) is 15.9. The molecule has 0 bridgehead atoms. The van der Waals surface area contributed by atoms with Gasteiger partial charge in [-0.15, -0.1) is 0 Å². The molecule has 0 aromatic heterocycles. The van der Waals surface area contributed by atoms with Gasteiger partial charge in [0.25, 0.3) is 11.8 Å². The summed E-state index contributed by atoms with van der Waals surface area (Å²) in [6.45, 7) is -0.0905. The molecule has 8 nitrogen and oxygen atoms in total. The summed E-state index contributed by atoms with van der Waals surface area (Å²) in [4.78, 5) is 35.4. The average Bonchev–Trinajstić information content (AvgIpc) is 2.68.